The summed E-state index contributed by atoms with van der Waals surface area (Å²) < 4.78 is 83.4. The van der Waals surface area contributed by atoms with Crippen molar-refractivity contribution in [2.24, 2.45) is 0 Å². The molecule has 5 rings (SSSR count). The van der Waals surface area contributed by atoms with E-state index in [0.29, 0.717) is 0 Å². The number of phosphoric acid groups is 6. The second kappa shape index (κ2) is 39.2. The maximum absolute atomic E-state index is 11.0. The Morgan fingerprint density at radius 3 is 0.530 bits per heavy atom. The first-order valence-electron chi connectivity index (χ1n) is 16.9. The van der Waals surface area contributed by atoms with Crippen LogP contribution in [0.1, 0.15) is 25.7 Å². The second-order valence-electron chi connectivity index (χ2n) is 11.2. The van der Waals surface area contributed by atoms with Gasteiger partial charge < -0.3 is 96.6 Å². The van der Waals surface area contributed by atoms with Crippen LogP contribution in [0.25, 0.3) is 0 Å². The van der Waals surface area contributed by atoms with Gasteiger partial charge in [0.05, 0.1) is 13.1 Å². The van der Waals surface area contributed by atoms with Crippen molar-refractivity contribution in [1.82, 2.24) is 0 Å². The molecule has 0 spiro atoms. The molecule has 386 valence electrons. The van der Waals surface area contributed by atoms with Gasteiger partial charge in [0.2, 0.25) is 0 Å². The molecule has 0 unspecified atom stereocenters. The van der Waals surface area contributed by atoms with Crippen LogP contribution in [0.2, 0.25) is 0 Å². The molecule has 1 saturated heterocycles. The summed E-state index contributed by atoms with van der Waals surface area (Å²) in [6.07, 6.45) is 5.28. The summed E-state index contributed by atoms with van der Waals surface area (Å²) in [6, 6.07) is 39.5. The van der Waals surface area contributed by atoms with E-state index >= 15 is 0 Å². The van der Waals surface area contributed by atoms with Gasteiger partial charge in [0.15, 0.2) is 0 Å². The quantitative estimate of drug-likeness (QED) is 0.0799. The number of quaternary nitrogens is 6. The van der Waals surface area contributed by atoms with Crippen molar-refractivity contribution in [3.8, 4) is 0 Å². The SMILES string of the molecule is O.O.O.O.O.O.O=P1([O-])OP(=O)([O-])OP(=O)([O-])OP(=O)([O-])OP(=O)([O-])OP(=O)([O-])O1.[NH3+]CCCCCC[NH3+].[NH3+]c1ccccc1.[NH3+]c1ccccc1.[NH3+]c1ccccc1.[NH3+]c1ccccc1. The third kappa shape index (κ3) is 45.1. The first-order valence-corrected chi connectivity index (χ1v) is 25.7. The minimum absolute atomic E-state index is 0. The standard InChI is InChI=1S/C6H16N2.4C6H7N.H6O18P6.6H2O/c7-5-3-1-2-4-6-8;4*7-6-4-2-1-3-5-6;1-19(2)13-20(3,4)15-22(7,8)17-24(11,12)18-23(9,10)16-21(5,6)14-19;;;;;;/h1-8H2;4*1-5H,7H2;(H,1,2)(H,3,4)(H,5,6)(H,7,8)(H,9,10)(H,11,12);6*1H2. The molecule has 30 nitrogen and oxygen atoms in total. The van der Waals surface area contributed by atoms with Crippen molar-refractivity contribution in [2.45, 2.75) is 25.7 Å². The number of benzene rings is 4. The normalized spacial score (nSPS) is 25.0. The van der Waals surface area contributed by atoms with Crippen LogP contribution in [0.15, 0.2) is 121 Å². The summed E-state index contributed by atoms with van der Waals surface area (Å²) in [5.74, 6) is 0. The molecule has 1 heterocycles. The molecule has 0 bridgehead atoms. The highest BCUT2D eigenvalue weighted by Gasteiger charge is 2.36. The highest BCUT2D eigenvalue weighted by molar-refractivity contribution is 7.73. The molecule has 66 heavy (non-hydrogen) atoms. The molecule has 0 atom stereocenters. The van der Waals surface area contributed by atoms with Crippen molar-refractivity contribution in [3.63, 3.8) is 0 Å². The molecule has 0 saturated carbocycles. The van der Waals surface area contributed by atoms with Crippen LogP contribution in [0.4, 0.5) is 22.7 Å². The zero-order chi connectivity index (χ0) is 45.9. The topological polar surface area (TPSA) is 651 Å². The Labute approximate surface area is 378 Å². The Balaban J connectivity index is -0.000000138. The lowest BCUT2D eigenvalue weighted by Crippen LogP contribution is -2.50. The van der Waals surface area contributed by atoms with Crippen LogP contribution in [0.5, 0.6) is 0 Å². The van der Waals surface area contributed by atoms with E-state index in [2.05, 4.69) is 60.3 Å². The van der Waals surface area contributed by atoms with Crippen LogP contribution in [-0.2, 0) is 53.3 Å². The molecule has 1 aliphatic rings. The highest BCUT2D eigenvalue weighted by Crippen LogP contribution is 2.74. The van der Waals surface area contributed by atoms with Gasteiger partial charge in [0.25, 0.3) is 46.9 Å². The molecule has 4 aromatic carbocycles. The summed E-state index contributed by atoms with van der Waals surface area (Å²) in [6.45, 7) is 2.19. The Morgan fingerprint density at radius 2 is 0.439 bits per heavy atom. The monoisotopic (exact) mass is 1080 g/mol. The summed E-state index contributed by atoms with van der Waals surface area (Å²) >= 11 is 0. The van der Waals surface area contributed by atoms with Gasteiger partial charge in [-0.1, -0.05) is 72.8 Å². The molecule has 0 aliphatic carbocycles. The van der Waals surface area contributed by atoms with Gasteiger partial charge in [0, 0.05) is 0 Å². The van der Waals surface area contributed by atoms with Gasteiger partial charge in [-0.25, -0.2) is 25.9 Å². The smallest absolute Gasteiger partial charge is 0.280 e. The van der Waals surface area contributed by atoms with Crippen LogP contribution in [-0.4, -0.2) is 45.9 Å². The molecule has 1 fully saturated rings. The van der Waals surface area contributed by atoms with Gasteiger partial charge in [-0.05, 0) is 74.2 Å². The van der Waals surface area contributed by atoms with E-state index in [4.69, 9.17) is 0 Å². The highest BCUT2D eigenvalue weighted by atomic mass is 31.3. The minimum Gasteiger partial charge on any atom is -0.756 e. The summed E-state index contributed by atoms with van der Waals surface area (Å²) in [5.41, 5.74) is 26.7. The molecule has 0 aromatic heterocycles. The number of hydrogen-bond donors (Lipinski definition) is 6. The summed E-state index contributed by atoms with van der Waals surface area (Å²) in [5, 5.41) is 0. The van der Waals surface area contributed by atoms with Gasteiger partial charge in [-0.3, -0.25) is 27.4 Å². The van der Waals surface area contributed by atoms with Crippen LogP contribution in [0, 0.1) is 0 Å². The predicted octanol–water partition coefficient (Wildman–Crippen LogP) is -6.77. The van der Waals surface area contributed by atoms with Gasteiger partial charge in [-0.15, -0.1) is 0 Å². The molecule has 36 heteroatoms. The predicted molar refractivity (Wildman–Crippen MR) is 224 cm³/mol. The van der Waals surface area contributed by atoms with E-state index in [1.807, 2.05) is 121 Å². The third-order valence-electron chi connectivity index (χ3n) is 5.82. The fourth-order valence-electron chi connectivity index (χ4n) is 3.44. The van der Waals surface area contributed by atoms with E-state index < -0.39 is 46.9 Å². The van der Waals surface area contributed by atoms with Crippen molar-refractivity contribution in [3.05, 3.63) is 121 Å². The molecule has 0 radical (unpaired) electrons. The van der Waals surface area contributed by atoms with E-state index in [-0.39, 0.29) is 32.9 Å². The largest absolute Gasteiger partial charge is 0.756 e. The lowest BCUT2D eigenvalue weighted by Gasteiger charge is -2.41. The molecular formula is C30H62N6O24P6. The number of unbranched alkanes of at least 4 members (excludes halogenated alkanes) is 3. The van der Waals surface area contributed by atoms with Crippen molar-refractivity contribution in [1.29, 1.82) is 0 Å². The van der Waals surface area contributed by atoms with E-state index in [1.54, 1.807) is 0 Å². The van der Waals surface area contributed by atoms with E-state index in [9.17, 15) is 56.8 Å². The minimum atomic E-state index is -6.56. The van der Waals surface area contributed by atoms with Gasteiger partial charge in [-0.2, -0.15) is 0 Å². The molecule has 1 aliphatic heterocycles. The summed E-state index contributed by atoms with van der Waals surface area (Å²) in [7, 11) is -39.3. The van der Waals surface area contributed by atoms with Crippen LogP contribution < -0.4 is 63.8 Å². The lowest BCUT2D eigenvalue weighted by molar-refractivity contribution is -0.371. The van der Waals surface area contributed by atoms with Gasteiger partial charge >= 0.3 is 0 Å². The third-order valence-corrected chi connectivity index (χ3v) is 15.4. The maximum atomic E-state index is 11.0. The van der Waals surface area contributed by atoms with E-state index in [0.717, 1.165) is 35.8 Å². The maximum Gasteiger partial charge on any atom is 0.280 e. The van der Waals surface area contributed by atoms with Crippen LogP contribution >= 0.6 is 46.9 Å². The second-order valence-corrected chi connectivity index (χ2v) is 20.5. The zero-order valence-electron chi connectivity index (χ0n) is 35.1. The Hall–Kier alpha value is -2.70. The Bertz CT molecular complexity index is 1710. The summed E-state index contributed by atoms with van der Waals surface area (Å²) in [4.78, 5) is 65.8. The number of hydrogen-bond acceptors (Lipinski definition) is 18. The zero-order valence-corrected chi connectivity index (χ0v) is 40.4. The van der Waals surface area contributed by atoms with Crippen LogP contribution in [0.3, 0.4) is 0 Å². The fourth-order valence-corrected chi connectivity index (χ4v) is 11.6. The molecular weight excluding hydrogens is 1010 g/mol. The van der Waals surface area contributed by atoms with E-state index in [1.165, 1.54) is 25.7 Å². The first kappa shape index (κ1) is 77.5. The average Bonchev–Trinajstić information content (AvgIpc) is 3.09. The van der Waals surface area contributed by atoms with Gasteiger partial charge in [0.1, 0.15) is 22.7 Å². The Kier molecular flexibility index (Phi) is 46.0. The number of rotatable bonds is 5. The Morgan fingerprint density at radius 1 is 0.303 bits per heavy atom. The van der Waals surface area contributed by atoms with Crippen molar-refractivity contribution < 1.29 is 150 Å². The molecule has 0 amide bonds. The lowest BCUT2D eigenvalue weighted by atomic mass is 10.2. The fraction of sp³-hybridized carbons (Fsp3) is 0.200. The van der Waals surface area contributed by atoms with Crippen molar-refractivity contribution >= 4 is 69.7 Å². The first-order chi connectivity index (χ1) is 27.7. The van der Waals surface area contributed by atoms with Crippen molar-refractivity contribution in [2.75, 3.05) is 13.1 Å². The molecule has 4 aromatic rings. The molecule has 30 N–H and O–H groups in total. The average molecular weight is 1080 g/mol.